The lowest BCUT2D eigenvalue weighted by atomic mass is 10.1. The van der Waals surface area contributed by atoms with Gasteiger partial charge in [0.1, 0.15) is 0 Å². The predicted octanol–water partition coefficient (Wildman–Crippen LogP) is 4.34. The molecule has 0 atom stereocenters. The Hall–Kier alpha value is -2.58. The number of carbonyl (C=O) groups excluding carboxylic acids is 1. The summed E-state index contributed by atoms with van der Waals surface area (Å²) in [6.07, 6.45) is 3.66. The van der Waals surface area contributed by atoms with Gasteiger partial charge in [0.25, 0.3) is 5.91 Å². The van der Waals surface area contributed by atoms with Crippen molar-refractivity contribution in [1.29, 1.82) is 5.41 Å². The standard InChI is InChI=1S/C20H19N5OS2/c1-11-6-5-7-15(8-11)24-12(2)9-14(13(24)3)10-16-17(21)25-19(22-18(16)26)28-20(23-25)27-4/h5-10,21H,1-4H3/b16-10-,21-17?. The number of hydrogen-bond acceptors (Lipinski definition) is 5. The second-order valence-corrected chi connectivity index (χ2v) is 8.60. The SMILES string of the molecule is CSC1=NN2C(=N)/C(=C/c3cc(C)n(-c4cccc(C)c4)c3C)C(=O)N=C2S1. The third-order valence-corrected chi connectivity index (χ3v) is 6.52. The van der Waals surface area contributed by atoms with Crippen LogP contribution in [-0.2, 0) is 4.79 Å². The van der Waals surface area contributed by atoms with E-state index in [0.29, 0.717) is 5.17 Å². The number of hydrogen-bond donors (Lipinski definition) is 1. The van der Waals surface area contributed by atoms with E-state index in [1.165, 1.54) is 34.1 Å². The Kier molecular flexibility index (Phi) is 4.76. The summed E-state index contributed by atoms with van der Waals surface area (Å²) < 4.78 is 2.93. The summed E-state index contributed by atoms with van der Waals surface area (Å²) in [5.41, 5.74) is 5.48. The molecule has 0 saturated carbocycles. The van der Waals surface area contributed by atoms with E-state index < -0.39 is 5.91 Å². The average molecular weight is 410 g/mol. The number of benzene rings is 1. The number of aliphatic imine (C=N–C) groups is 1. The van der Waals surface area contributed by atoms with Gasteiger partial charge in [-0.05, 0) is 74.2 Å². The fraction of sp³-hybridized carbons (Fsp3) is 0.200. The van der Waals surface area contributed by atoms with E-state index in [2.05, 4.69) is 39.8 Å². The van der Waals surface area contributed by atoms with Crippen molar-refractivity contribution in [3.63, 3.8) is 0 Å². The van der Waals surface area contributed by atoms with Crippen LogP contribution in [0, 0.1) is 26.2 Å². The topological polar surface area (TPSA) is 73.8 Å². The molecule has 2 aliphatic rings. The van der Waals surface area contributed by atoms with Gasteiger partial charge in [-0.1, -0.05) is 12.1 Å². The molecule has 142 valence electrons. The van der Waals surface area contributed by atoms with Crippen molar-refractivity contribution in [3.05, 3.63) is 58.4 Å². The number of nitrogens with one attached hydrogen (secondary N) is 1. The summed E-state index contributed by atoms with van der Waals surface area (Å²) in [7, 11) is 0. The van der Waals surface area contributed by atoms with Gasteiger partial charge in [0.05, 0.1) is 5.57 Å². The first kappa shape index (κ1) is 18.8. The minimum Gasteiger partial charge on any atom is -0.318 e. The lowest BCUT2D eigenvalue weighted by Crippen LogP contribution is -2.35. The molecule has 0 spiro atoms. The smallest absolute Gasteiger partial charge is 0.283 e. The van der Waals surface area contributed by atoms with Gasteiger partial charge in [-0.2, -0.15) is 10.0 Å². The first-order chi connectivity index (χ1) is 13.4. The second-order valence-electron chi connectivity index (χ2n) is 6.59. The van der Waals surface area contributed by atoms with Gasteiger partial charge < -0.3 is 4.57 Å². The number of fused-ring (bicyclic) bond motifs is 1. The lowest BCUT2D eigenvalue weighted by Gasteiger charge is -2.20. The average Bonchev–Trinajstić information content (AvgIpc) is 3.19. The van der Waals surface area contributed by atoms with Gasteiger partial charge in [0.2, 0.25) is 5.17 Å². The first-order valence-corrected chi connectivity index (χ1v) is 10.7. The van der Waals surface area contributed by atoms with Gasteiger partial charge in [0, 0.05) is 17.1 Å². The van der Waals surface area contributed by atoms with Crippen molar-refractivity contribution in [2.45, 2.75) is 20.8 Å². The summed E-state index contributed by atoms with van der Waals surface area (Å²) in [5, 5.41) is 14.7. The molecule has 1 aromatic carbocycles. The molecule has 0 saturated heterocycles. The van der Waals surface area contributed by atoms with Crippen LogP contribution in [0.5, 0.6) is 0 Å². The van der Waals surface area contributed by atoms with Gasteiger partial charge in [0.15, 0.2) is 10.2 Å². The number of carbonyl (C=O) groups is 1. The normalized spacial score (nSPS) is 17.9. The van der Waals surface area contributed by atoms with Crippen LogP contribution >= 0.6 is 23.5 Å². The molecule has 1 N–H and O–H groups in total. The van der Waals surface area contributed by atoms with Crippen molar-refractivity contribution < 1.29 is 4.79 Å². The zero-order valence-corrected chi connectivity index (χ0v) is 17.6. The Labute approximate surface area is 171 Å². The summed E-state index contributed by atoms with van der Waals surface area (Å²) in [4.78, 5) is 16.7. The number of amides is 1. The van der Waals surface area contributed by atoms with Crippen molar-refractivity contribution in [2.75, 3.05) is 6.26 Å². The Balaban J connectivity index is 1.76. The first-order valence-electron chi connectivity index (χ1n) is 8.69. The Morgan fingerprint density at radius 3 is 2.71 bits per heavy atom. The molecule has 1 aromatic heterocycles. The van der Waals surface area contributed by atoms with Gasteiger partial charge >= 0.3 is 0 Å². The number of aromatic nitrogens is 1. The highest BCUT2D eigenvalue weighted by Crippen LogP contribution is 2.32. The second kappa shape index (κ2) is 7.10. The molecule has 2 aliphatic heterocycles. The van der Waals surface area contributed by atoms with E-state index in [-0.39, 0.29) is 11.4 Å². The van der Waals surface area contributed by atoms with Crippen LogP contribution in [0.25, 0.3) is 11.8 Å². The predicted molar refractivity (Wildman–Crippen MR) is 119 cm³/mol. The third-order valence-electron chi connectivity index (χ3n) is 4.64. The monoisotopic (exact) mass is 409 g/mol. The fourth-order valence-corrected chi connectivity index (χ4v) is 4.66. The summed E-state index contributed by atoms with van der Waals surface area (Å²) >= 11 is 2.79. The molecular weight excluding hydrogens is 390 g/mol. The van der Waals surface area contributed by atoms with Crippen molar-refractivity contribution in [1.82, 2.24) is 9.58 Å². The highest BCUT2D eigenvalue weighted by atomic mass is 32.2. The minimum atomic E-state index is -0.401. The van der Waals surface area contributed by atoms with Crippen LogP contribution in [0.15, 0.2) is 46.0 Å². The van der Waals surface area contributed by atoms with E-state index in [4.69, 9.17) is 5.41 Å². The molecular formula is C20H19N5OS2. The molecule has 0 unspecified atom stereocenters. The maximum atomic E-state index is 12.6. The number of thioether (sulfide) groups is 2. The molecule has 28 heavy (non-hydrogen) atoms. The number of hydrazone groups is 1. The highest BCUT2D eigenvalue weighted by molar-refractivity contribution is 8.45. The Bertz CT molecular complexity index is 1110. The number of amidine groups is 2. The molecule has 3 heterocycles. The zero-order chi connectivity index (χ0) is 20.0. The zero-order valence-electron chi connectivity index (χ0n) is 16.0. The van der Waals surface area contributed by atoms with Crippen LogP contribution < -0.4 is 0 Å². The summed E-state index contributed by atoms with van der Waals surface area (Å²) in [6, 6.07) is 10.3. The summed E-state index contributed by atoms with van der Waals surface area (Å²) in [6.45, 7) is 6.12. The van der Waals surface area contributed by atoms with Crippen LogP contribution in [-0.4, -0.2) is 37.1 Å². The number of rotatable bonds is 2. The van der Waals surface area contributed by atoms with E-state index in [9.17, 15) is 4.79 Å². The van der Waals surface area contributed by atoms with Crippen LogP contribution in [0.2, 0.25) is 0 Å². The maximum absolute atomic E-state index is 12.6. The minimum absolute atomic E-state index is 0.0620. The van der Waals surface area contributed by atoms with E-state index in [1.54, 1.807) is 6.08 Å². The Morgan fingerprint density at radius 2 is 2.00 bits per heavy atom. The summed E-state index contributed by atoms with van der Waals surface area (Å²) in [5.74, 6) is -0.339. The maximum Gasteiger partial charge on any atom is 0.283 e. The number of nitrogens with zero attached hydrogens (tertiary/aromatic N) is 4. The van der Waals surface area contributed by atoms with Gasteiger partial charge in [-0.3, -0.25) is 10.2 Å². The molecule has 4 rings (SSSR count). The molecule has 8 heteroatoms. The highest BCUT2D eigenvalue weighted by Gasteiger charge is 2.35. The quantitative estimate of drug-likeness (QED) is 0.749. The van der Waals surface area contributed by atoms with Crippen molar-refractivity contribution >= 4 is 50.9 Å². The molecule has 0 aliphatic carbocycles. The molecule has 2 aromatic rings. The largest absolute Gasteiger partial charge is 0.318 e. The molecule has 6 nitrogen and oxygen atoms in total. The van der Waals surface area contributed by atoms with Crippen molar-refractivity contribution in [3.8, 4) is 5.69 Å². The van der Waals surface area contributed by atoms with Gasteiger partial charge in [-0.15, -0.1) is 16.9 Å². The van der Waals surface area contributed by atoms with Crippen molar-refractivity contribution in [2.24, 2.45) is 10.1 Å². The lowest BCUT2D eigenvalue weighted by molar-refractivity contribution is -0.114. The Morgan fingerprint density at radius 1 is 1.21 bits per heavy atom. The molecule has 0 bridgehead atoms. The van der Waals surface area contributed by atoms with Crippen LogP contribution in [0.4, 0.5) is 0 Å². The van der Waals surface area contributed by atoms with Crippen LogP contribution in [0.1, 0.15) is 22.5 Å². The van der Waals surface area contributed by atoms with E-state index in [1.807, 2.05) is 32.2 Å². The molecule has 1 amide bonds. The van der Waals surface area contributed by atoms with E-state index in [0.717, 1.165) is 27.0 Å². The van der Waals surface area contributed by atoms with E-state index >= 15 is 0 Å². The fourth-order valence-electron chi connectivity index (χ4n) is 3.31. The van der Waals surface area contributed by atoms with Crippen LogP contribution in [0.3, 0.4) is 0 Å². The molecule has 0 fully saturated rings. The molecule has 0 radical (unpaired) electrons. The number of aryl methyl sites for hydroxylation is 2. The van der Waals surface area contributed by atoms with Gasteiger partial charge in [-0.25, -0.2) is 0 Å². The third kappa shape index (κ3) is 3.12.